The molecule has 1 aliphatic carbocycles. The van der Waals surface area contributed by atoms with Gasteiger partial charge in [-0.3, -0.25) is 14.3 Å². The fraction of sp³-hybridized carbons (Fsp3) is 0.200. The highest BCUT2D eigenvalue weighted by atomic mass is 32.2. The normalized spacial score (nSPS) is 13.3. The summed E-state index contributed by atoms with van der Waals surface area (Å²) in [6.07, 6.45) is 1.93. The highest BCUT2D eigenvalue weighted by Gasteiger charge is 2.24. The summed E-state index contributed by atoms with van der Waals surface area (Å²) < 4.78 is 41.8. The Bertz CT molecular complexity index is 1380. The van der Waals surface area contributed by atoms with E-state index < -0.39 is 21.7 Å². The van der Waals surface area contributed by atoms with Gasteiger partial charge in [0, 0.05) is 22.9 Å². The monoisotopic (exact) mass is 481 g/mol. The predicted octanol–water partition coefficient (Wildman–Crippen LogP) is 4.39. The predicted molar refractivity (Wildman–Crippen MR) is 128 cm³/mol. The molecule has 0 aliphatic heterocycles. The number of para-hydroxylation sites is 1. The SMILES string of the molecule is Cc1ccc(C(=O)NC2CC2)cc1NC(=O)c1cc(S(=O)(=O)Nc2ccccc2F)ccc1C. The molecule has 7 nitrogen and oxygen atoms in total. The van der Waals surface area contributed by atoms with Gasteiger partial charge in [0.15, 0.2) is 0 Å². The van der Waals surface area contributed by atoms with Gasteiger partial charge in [-0.25, -0.2) is 12.8 Å². The number of carbonyl (C=O) groups is 2. The Balaban J connectivity index is 1.58. The Morgan fingerprint density at radius 3 is 2.29 bits per heavy atom. The van der Waals surface area contributed by atoms with E-state index in [0.29, 0.717) is 16.8 Å². The van der Waals surface area contributed by atoms with Crippen LogP contribution in [0.2, 0.25) is 0 Å². The van der Waals surface area contributed by atoms with Crippen LogP contribution < -0.4 is 15.4 Å². The first kappa shape index (κ1) is 23.4. The average molecular weight is 482 g/mol. The van der Waals surface area contributed by atoms with E-state index in [4.69, 9.17) is 0 Å². The van der Waals surface area contributed by atoms with Crippen LogP contribution in [0.5, 0.6) is 0 Å². The minimum Gasteiger partial charge on any atom is -0.349 e. The van der Waals surface area contributed by atoms with Crippen molar-refractivity contribution in [3.8, 4) is 0 Å². The first-order valence-electron chi connectivity index (χ1n) is 10.7. The van der Waals surface area contributed by atoms with Gasteiger partial charge in [0.25, 0.3) is 21.8 Å². The Morgan fingerprint density at radius 1 is 0.882 bits per heavy atom. The van der Waals surface area contributed by atoms with Gasteiger partial charge in [0.05, 0.1) is 10.6 Å². The molecule has 9 heteroatoms. The average Bonchev–Trinajstić information content (AvgIpc) is 3.60. The Morgan fingerprint density at radius 2 is 1.59 bits per heavy atom. The zero-order valence-corrected chi connectivity index (χ0v) is 19.5. The molecule has 176 valence electrons. The van der Waals surface area contributed by atoms with Gasteiger partial charge in [-0.15, -0.1) is 0 Å². The van der Waals surface area contributed by atoms with Gasteiger partial charge in [-0.1, -0.05) is 24.3 Å². The third-order valence-corrected chi connectivity index (χ3v) is 6.91. The molecule has 0 spiro atoms. The summed E-state index contributed by atoms with van der Waals surface area (Å²) in [4.78, 5) is 25.3. The van der Waals surface area contributed by atoms with E-state index >= 15 is 0 Å². The number of benzene rings is 3. The summed E-state index contributed by atoms with van der Waals surface area (Å²) in [6, 6.07) is 14.8. The minimum absolute atomic E-state index is 0.142. The van der Waals surface area contributed by atoms with Crippen LogP contribution in [0.25, 0.3) is 0 Å². The Labute approximate surface area is 197 Å². The van der Waals surface area contributed by atoms with Crippen LogP contribution in [0, 0.1) is 19.7 Å². The van der Waals surface area contributed by atoms with Crippen LogP contribution in [0.3, 0.4) is 0 Å². The summed E-state index contributed by atoms with van der Waals surface area (Å²) in [5.74, 6) is -1.44. The fourth-order valence-corrected chi connectivity index (χ4v) is 4.44. The molecule has 3 aromatic rings. The molecule has 3 N–H and O–H groups in total. The molecule has 1 saturated carbocycles. The number of rotatable bonds is 7. The van der Waals surface area contributed by atoms with Crippen molar-refractivity contribution in [1.29, 1.82) is 0 Å². The van der Waals surface area contributed by atoms with Gasteiger partial charge in [0.1, 0.15) is 5.82 Å². The first-order valence-corrected chi connectivity index (χ1v) is 12.2. The van der Waals surface area contributed by atoms with Crippen LogP contribution >= 0.6 is 0 Å². The van der Waals surface area contributed by atoms with E-state index in [-0.39, 0.29) is 28.1 Å². The summed E-state index contributed by atoms with van der Waals surface area (Å²) in [6.45, 7) is 3.48. The Kier molecular flexibility index (Phi) is 6.39. The summed E-state index contributed by atoms with van der Waals surface area (Å²) >= 11 is 0. The third-order valence-electron chi connectivity index (χ3n) is 5.54. The van der Waals surface area contributed by atoms with Crippen LogP contribution in [0.1, 0.15) is 44.7 Å². The van der Waals surface area contributed by atoms with Crippen molar-refractivity contribution in [2.45, 2.75) is 37.6 Å². The molecule has 0 saturated heterocycles. The highest BCUT2D eigenvalue weighted by Crippen LogP contribution is 2.24. The van der Waals surface area contributed by atoms with Crippen molar-refractivity contribution in [1.82, 2.24) is 5.32 Å². The van der Waals surface area contributed by atoms with Gasteiger partial charge < -0.3 is 10.6 Å². The van der Waals surface area contributed by atoms with Crippen molar-refractivity contribution < 1.29 is 22.4 Å². The van der Waals surface area contributed by atoms with Crippen LogP contribution in [0.15, 0.2) is 65.6 Å². The number of aryl methyl sites for hydroxylation is 2. The number of amides is 2. The van der Waals surface area contributed by atoms with Crippen LogP contribution in [-0.2, 0) is 10.0 Å². The second-order valence-corrected chi connectivity index (χ2v) is 9.98. The smallest absolute Gasteiger partial charge is 0.262 e. The van der Waals surface area contributed by atoms with E-state index in [9.17, 15) is 22.4 Å². The molecule has 0 aromatic heterocycles. The molecule has 0 unspecified atom stereocenters. The number of hydrogen-bond acceptors (Lipinski definition) is 4. The summed E-state index contributed by atoms with van der Waals surface area (Å²) in [5, 5.41) is 5.68. The molecule has 0 radical (unpaired) electrons. The lowest BCUT2D eigenvalue weighted by molar-refractivity contribution is 0.0949. The molecule has 0 heterocycles. The topological polar surface area (TPSA) is 104 Å². The standard InChI is InChI=1S/C25H24FN3O4S/c1-15-8-12-19(34(32,33)29-22-6-4-3-5-21(22)26)14-20(15)25(31)28-23-13-17(9-7-16(23)2)24(30)27-18-10-11-18/h3-9,12-14,18,29H,10-11H2,1-2H3,(H,27,30)(H,28,31). The van der Waals surface area contributed by atoms with Gasteiger partial charge in [-0.2, -0.15) is 0 Å². The van der Waals surface area contributed by atoms with E-state index in [1.165, 1.54) is 36.4 Å². The fourth-order valence-electron chi connectivity index (χ4n) is 3.34. The number of carbonyl (C=O) groups excluding carboxylic acids is 2. The Hall–Kier alpha value is -3.72. The molecular formula is C25H24FN3O4S. The van der Waals surface area contributed by atoms with E-state index in [1.54, 1.807) is 32.0 Å². The molecule has 34 heavy (non-hydrogen) atoms. The van der Waals surface area contributed by atoms with Gasteiger partial charge in [-0.05, 0) is 74.2 Å². The van der Waals surface area contributed by atoms with Gasteiger partial charge in [0.2, 0.25) is 0 Å². The summed E-state index contributed by atoms with van der Waals surface area (Å²) in [7, 11) is -4.14. The van der Waals surface area contributed by atoms with E-state index in [1.807, 2.05) is 0 Å². The molecule has 2 amide bonds. The highest BCUT2D eigenvalue weighted by molar-refractivity contribution is 7.92. The minimum atomic E-state index is -4.14. The molecule has 0 atom stereocenters. The number of halogens is 1. The van der Waals surface area contributed by atoms with Gasteiger partial charge >= 0.3 is 0 Å². The van der Waals surface area contributed by atoms with Crippen LogP contribution in [0.4, 0.5) is 15.8 Å². The van der Waals surface area contributed by atoms with E-state index in [0.717, 1.165) is 24.5 Å². The van der Waals surface area contributed by atoms with Crippen molar-refractivity contribution in [2.24, 2.45) is 0 Å². The first-order chi connectivity index (χ1) is 16.1. The van der Waals surface area contributed by atoms with Crippen LogP contribution in [-0.4, -0.2) is 26.3 Å². The molecule has 1 aliphatic rings. The number of anilines is 2. The van der Waals surface area contributed by atoms with Crippen molar-refractivity contribution in [3.63, 3.8) is 0 Å². The molecule has 1 fully saturated rings. The molecular weight excluding hydrogens is 457 g/mol. The number of sulfonamides is 1. The number of nitrogens with one attached hydrogen (secondary N) is 3. The maximum Gasteiger partial charge on any atom is 0.262 e. The molecule has 0 bridgehead atoms. The van der Waals surface area contributed by atoms with E-state index in [2.05, 4.69) is 15.4 Å². The summed E-state index contributed by atoms with van der Waals surface area (Å²) in [5.41, 5.74) is 2.14. The lowest BCUT2D eigenvalue weighted by Crippen LogP contribution is -2.25. The second-order valence-electron chi connectivity index (χ2n) is 8.29. The lowest BCUT2D eigenvalue weighted by Gasteiger charge is -2.14. The number of hydrogen-bond donors (Lipinski definition) is 3. The maximum absolute atomic E-state index is 13.9. The largest absolute Gasteiger partial charge is 0.349 e. The molecule has 3 aromatic carbocycles. The lowest BCUT2D eigenvalue weighted by atomic mass is 10.1. The zero-order chi connectivity index (χ0) is 24.5. The quantitative estimate of drug-likeness (QED) is 0.466. The second kappa shape index (κ2) is 9.26. The van der Waals surface area contributed by atoms with Crippen molar-refractivity contribution in [2.75, 3.05) is 10.0 Å². The van der Waals surface area contributed by atoms with Crippen molar-refractivity contribution in [3.05, 3.63) is 88.7 Å². The van der Waals surface area contributed by atoms with Crippen molar-refractivity contribution >= 4 is 33.2 Å². The maximum atomic E-state index is 13.9. The third kappa shape index (κ3) is 5.26. The zero-order valence-electron chi connectivity index (χ0n) is 18.7. The molecule has 4 rings (SSSR count).